The minimum atomic E-state index is -0.593. The molecule has 19 heavy (non-hydrogen) atoms. The zero-order valence-electron chi connectivity index (χ0n) is 10.5. The molecule has 100 valence electrons. The molecule has 0 aromatic heterocycles. The number of halogens is 1. The molecular formula is C13H14ClN3O2. The predicted molar refractivity (Wildman–Crippen MR) is 76.2 cm³/mol. The Morgan fingerprint density at radius 1 is 1.42 bits per heavy atom. The van der Waals surface area contributed by atoms with Gasteiger partial charge in [0.15, 0.2) is 0 Å². The number of hydrogen-bond acceptors (Lipinski definition) is 4. The third-order valence-electron chi connectivity index (χ3n) is 2.56. The number of benzene rings is 1. The SMILES string of the molecule is COCCN=C1C(=O)N(c2ccccc2)N=CC1Cl. The fourth-order valence-corrected chi connectivity index (χ4v) is 1.85. The topological polar surface area (TPSA) is 54.3 Å². The molecule has 0 aliphatic carbocycles. The van der Waals surface area contributed by atoms with Gasteiger partial charge in [0.05, 0.1) is 18.8 Å². The van der Waals surface area contributed by atoms with Crippen molar-refractivity contribution >= 4 is 35.1 Å². The number of nitrogens with zero attached hydrogens (tertiary/aromatic N) is 3. The summed E-state index contributed by atoms with van der Waals surface area (Å²) in [5, 5.41) is 4.76. The van der Waals surface area contributed by atoms with E-state index in [2.05, 4.69) is 10.1 Å². The lowest BCUT2D eigenvalue weighted by Crippen LogP contribution is -2.42. The molecule has 1 aromatic carbocycles. The van der Waals surface area contributed by atoms with Gasteiger partial charge in [0.25, 0.3) is 5.91 Å². The number of methoxy groups -OCH3 is 1. The standard InChI is InChI=1S/C13H14ClN3O2/c1-19-8-7-15-12-11(14)9-16-17(13(12)18)10-5-3-2-4-6-10/h2-6,9,11H,7-8H2,1H3. The second-order valence-electron chi connectivity index (χ2n) is 3.88. The lowest BCUT2D eigenvalue weighted by molar-refractivity contribution is -0.112. The van der Waals surface area contributed by atoms with Crippen LogP contribution >= 0.6 is 11.6 Å². The van der Waals surface area contributed by atoms with Crippen molar-refractivity contribution in [1.82, 2.24) is 0 Å². The van der Waals surface area contributed by atoms with Gasteiger partial charge in [0.1, 0.15) is 11.1 Å². The molecule has 1 aliphatic heterocycles. The van der Waals surface area contributed by atoms with Crippen LogP contribution in [0.15, 0.2) is 40.4 Å². The third kappa shape index (κ3) is 3.19. The number of rotatable bonds is 4. The maximum Gasteiger partial charge on any atom is 0.294 e. The van der Waals surface area contributed by atoms with Crippen LogP contribution in [0, 0.1) is 0 Å². The first-order valence-corrected chi connectivity index (χ1v) is 6.28. The van der Waals surface area contributed by atoms with Gasteiger partial charge in [0, 0.05) is 13.3 Å². The van der Waals surface area contributed by atoms with Gasteiger partial charge in [-0.2, -0.15) is 10.1 Å². The second kappa shape index (κ2) is 6.45. The van der Waals surface area contributed by atoms with Crippen LogP contribution in [0.2, 0.25) is 0 Å². The number of ether oxygens (including phenoxy) is 1. The van der Waals surface area contributed by atoms with Crippen molar-refractivity contribution in [3.63, 3.8) is 0 Å². The Balaban J connectivity index is 2.23. The number of hydrazone groups is 1. The van der Waals surface area contributed by atoms with E-state index in [9.17, 15) is 4.79 Å². The number of alkyl halides is 1. The van der Waals surface area contributed by atoms with Crippen molar-refractivity contribution in [3.05, 3.63) is 30.3 Å². The molecular weight excluding hydrogens is 266 g/mol. The van der Waals surface area contributed by atoms with Crippen LogP contribution in [0.25, 0.3) is 0 Å². The molecule has 0 N–H and O–H groups in total. The van der Waals surface area contributed by atoms with Crippen molar-refractivity contribution in [2.45, 2.75) is 5.38 Å². The van der Waals surface area contributed by atoms with E-state index in [0.29, 0.717) is 18.8 Å². The monoisotopic (exact) mass is 279 g/mol. The Morgan fingerprint density at radius 2 is 2.16 bits per heavy atom. The summed E-state index contributed by atoms with van der Waals surface area (Å²) in [5.74, 6) is -0.301. The predicted octanol–water partition coefficient (Wildman–Crippen LogP) is 1.71. The summed E-state index contributed by atoms with van der Waals surface area (Å²) in [6.45, 7) is 0.847. The van der Waals surface area contributed by atoms with Crippen molar-refractivity contribution in [2.24, 2.45) is 10.1 Å². The van der Waals surface area contributed by atoms with E-state index < -0.39 is 5.38 Å². The number of carbonyl (C=O) groups is 1. The van der Waals surface area contributed by atoms with E-state index in [0.717, 1.165) is 0 Å². The van der Waals surface area contributed by atoms with E-state index in [-0.39, 0.29) is 11.6 Å². The van der Waals surface area contributed by atoms with Gasteiger partial charge >= 0.3 is 0 Å². The first-order valence-electron chi connectivity index (χ1n) is 5.85. The minimum Gasteiger partial charge on any atom is -0.383 e. The largest absolute Gasteiger partial charge is 0.383 e. The highest BCUT2D eigenvalue weighted by Crippen LogP contribution is 2.18. The van der Waals surface area contributed by atoms with E-state index in [1.807, 2.05) is 18.2 Å². The Kier molecular flexibility index (Phi) is 4.65. The highest BCUT2D eigenvalue weighted by Gasteiger charge is 2.29. The maximum absolute atomic E-state index is 12.3. The van der Waals surface area contributed by atoms with E-state index in [1.165, 1.54) is 11.2 Å². The average molecular weight is 280 g/mol. The van der Waals surface area contributed by atoms with Gasteiger partial charge in [-0.15, -0.1) is 11.6 Å². The molecule has 1 aliphatic rings. The molecule has 5 nitrogen and oxygen atoms in total. The fraction of sp³-hybridized carbons (Fsp3) is 0.308. The summed E-state index contributed by atoms with van der Waals surface area (Å²) in [4.78, 5) is 16.5. The lowest BCUT2D eigenvalue weighted by atomic mass is 10.2. The van der Waals surface area contributed by atoms with E-state index in [4.69, 9.17) is 16.3 Å². The molecule has 0 saturated carbocycles. The molecule has 6 heteroatoms. The fourth-order valence-electron chi connectivity index (χ4n) is 1.64. The smallest absolute Gasteiger partial charge is 0.294 e. The Bertz CT molecular complexity index is 502. The Morgan fingerprint density at radius 3 is 2.84 bits per heavy atom. The first kappa shape index (κ1) is 13.7. The summed E-state index contributed by atoms with van der Waals surface area (Å²) in [6, 6.07) is 9.16. The molecule has 0 bridgehead atoms. The molecule has 2 rings (SSSR count). The summed E-state index contributed by atoms with van der Waals surface area (Å²) in [7, 11) is 1.58. The number of anilines is 1. The van der Waals surface area contributed by atoms with Crippen LogP contribution in [0.1, 0.15) is 0 Å². The molecule has 1 heterocycles. The highest BCUT2D eigenvalue weighted by molar-refractivity contribution is 6.59. The molecule has 1 aromatic rings. The summed E-state index contributed by atoms with van der Waals surface area (Å²) < 4.78 is 4.91. The van der Waals surface area contributed by atoms with Crippen molar-refractivity contribution in [1.29, 1.82) is 0 Å². The van der Waals surface area contributed by atoms with Crippen LogP contribution in [-0.2, 0) is 9.53 Å². The molecule has 0 radical (unpaired) electrons. The molecule has 1 unspecified atom stereocenters. The van der Waals surface area contributed by atoms with Gasteiger partial charge in [-0.25, -0.2) is 0 Å². The van der Waals surface area contributed by atoms with Gasteiger partial charge < -0.3 is 4.74 Å². The van der Waals surface area contributed by atoms with Crippen LogP contribution in [0.4, 0.5) is 5.69 Å². The minimum absolute atomic E-state index is 0.289. The molecule has 1 atom stereocenters. The summed E-state index contributed by atoms with van der Waals surface area (Å²) in [6.07, 6.45) is 1.50. The summed E-state index contributed by atoms with van der Waals surface area (Å²) >= 11 is 6.04. The van der Waals surface area contributed by atoms with Crippen molar-refractivity contribution in [3.8, 4) is 0 Å². The lowest BCUT2D eigenvalue weighted by Gasteiger charge is -2.23. The van der Waals surface area contributed by atoms with Gasteiger partial charge in [0.2, 0.25) is 0 Å². The van der Waals surface area contributed by atoms with Crippen molar-refractivity contribution < 1.29 is 9.53 Å². The van der Waals surface area contributed by atoms with Crippen LogP contribution in [0.3, 0.4) is 0 Å². The molecule has 0 fully saturated rings. The summed E-state index contributed by atoms with van der Waals surface area (Å²) in [5.41, 5.74) is 0.976. The van der Waals surface area contributed by atoms with Crippen LogP contribution in [-0.4, -0.2) is 43.5 Å². The maximum atomic E-state index is 12.3. The number of carbonyl (C=O) groups excluding carboxylic acids is 1. The number of amides is 1. The van der Waals surface area contributed by atoms with Gasteiger partial charge in [-0.3, -0.25) is 9.79 Å². The number of hydrogen-bond donors (Lipinski definition) is 0. The zero-order valence-corrected chi connectivity index (χ0v) is 11.2. The first-order chi connectivity index (χ1) is 9.24. The van der Waals surface area contributed by atoms with Gasteiger partial charge in [-0.1, -0.05) is 18.2 Å². The highest BCUT2D eigenvalue weighted by atomic mass is 35.5. The Labute approximate surface area is 116 Å². The average Bonchev–Trinajstić information content (AvgIpc) is 2.43. The van der Waals surface area contributed by atoms with E-state index in [1.54, 1.807) is 19.2 Å². The van der Waals surface area contributed by atoms with E-state index >= 15 is 0 Å². The third-order valence-corrected chi connectivity index (χ3v) is 2.88. The quantitative estimate of drug-likeness (QED) is 0.622. The molecule has 1 amide bonds. The normalized spacial score (nSPS) is 21.2. The van der Waals surface area contributed by atoms with Crippen LogP contribution < -0.4 is 5.01 Å². The second-order valence-corrected chi connectivity index (χ2v) is 4.35. The van der Waals surface area contributed by atoms with Gasteiger partial charge in [-0.05, 0) is 12.1 Å². The van der Waals surface area contributed by atoms with Crippen molar-refractivity contribution in [2.75, 3.05) is 25.3 Å². The zero-order chi connectivity index (χ0) is 13.7. The molecule has 0 spiro atoms. The molecule has 0 saturated heterocycles. The number of aliphatic imine (C=N–C) groups is 1. The Hall–Kier alpha value is -1.72. The van der Waals surface area contributed by atoms with Crippen LogP contribution in [0.5, 0.6) is 0 Å². The number of para-hydroxylation sites is 1.